The van der Waals surface area contributed by atoms with Gasteiger partial charge in [0.1, 0.15) is 17.2 Å². The zero-order valence-electron chi connectivity index (χ0n) is 26.9. The van der Waals surface area contributed by atoms with E-state index in [1.807, 2.05) is 0 Å². The third-order valence-corrected chi connectivity index (χ3v) is 10.0. The molecular weight excluding hydrogens is 702 g/mol. The summed E-state index contributed by atoms with van der Waals surface area (Å²) in [4.78, 5) is 72.7. The second-order valence-electron chi connectivity index (χ2n) is 11.8. The number of aromatic nitrogens is 5. The molecule has 4 aromatic rings. The molecule has 1 aliphatic heterocycles. The molecule has 0 fully saturated rings. The van der Waals surface area contributed by atoms with Crippen molar-refractivity contribution in [2.75, 3.05) is 21.3 Å². The van der Waals surface area contributed by atoms with Crippen molar-refractivity contribution in [1.29, 1.82) is 0 Å². The number of ketones is 2. The molecular formula is C34H30BrN5O9. The number of fused-ring (bicyclic) bond motifs is 4. The van der Waals surface area contributed by atoms with Gasteiger partial charge in [0.2, 0.25) is 0 Å². The largest absolute Gasteiger partial charge is 0.507 e. The van der Waals surface area contributed by atoms with Crippen LogP contribution in [0.2, 0.25) is 0 Å². The van der Waals surface area contributed by atoms with Crippen LogP contribution < -0.4 is 31.1 Å². The molecule has 2 aliphatic carbocycles. The number of phenols is 1. The number of aromatic hydroxyl groups is 1. The van der Waals surface area contributed by atoms with Gasteiger partial charge in [0, 0.05) is 67.3 Å². The summed E-state index contributed by atoms with van der Waals surface area (Å²) in [6.45, 7) is -0.161. The van der Waals surface area contributed by atoms with E-state index in [1.165, 1.54) is 47.4 Å². The maximum absolute atomic E-state index is 14.1. The average Bonchev–Trinajstić information content (AvgIpc) is 3.34. The standard InChI is InChI=1S/C34H30BrN5O9/c1-37-22-15-27(49-4)26(48-3)14-20(22)36-19(32(37)44)9-10-38-33(45)39-11-8-16-21(40(39)34(38)46)12-17-28(24(42)13-18(35)31(17)43)29(16)30-23(41)6-5-7-25(30)47-2/h5-8,13-15,21,29,41H,9-12H2,1-4H3/t21-,29+/m1/s1. The molecule has 3 heterocycles. The van der Waals surface area contributed by atoms with E-state index >= 15 is 0 Å². The number of Topliss-reactive ketones (excluding diaryl/α,β-unsaturated/α-hetero) is 1. The summed E-state index contributed by atoms with van der Waals surface area (Å²) in [7, 11) is 6.01. The van der Waals surface area contributed by atoms with E-state index in [9.17, 15) is 29.1 Å². The molecule has 3 aliphatic rings. The van der Waals surface area contributed by atoms with Crippen molar-refractivity contribution in [2.45, 2.75) is 37.9 Å². The minimum Gasteiger partial charge on any atom is -0.507 e. The lowest BCUT2D eigenvalue weighted by Gasteiger charge is -2.39. The van der Waals surface area contributed by atoms with Gasteiger partial charge in [-0.25, -0.2) is 28.5 Å². The van der Waals surface area contributed by atoms with Crippen molar-refractivity contribution in [1.82, 2.24) is 23.5 Å². The van der Waals surface area contributed by atoms with Gasteiger partial charge < -0.3 is 23.9 Å². The summed E-state index contributed by atoms with van der Waals surface area (Å²) >= 11 is 3.20. The Balaban J connectivity index is 1.31. The molecule has 49 heavy (non-hydrogen) atoms. The number of hydrogen-bond donors (Lipinski definition) is 1. The molecule has 0 unspecified atom stereocenters. The Bertz CT molecular complexity index is 2410. The molecule has 0 amide bonds. The number of aryl methyl sites for hydroxylation is 2. The normalized spacial score (nSPS) is 18.5. The van der Waals surface area contributed by atoms with E-state index in [2.05, 4.69) is 20.9 Å². The number of rotatable bonds is 7. The van der Waals surface area contributed by atoms with Crippen molar-refractivity contribution in [3.63, 3.8) is 0 Å². The monoisotopic (exact) mass is 731 g/mol. The Morgan fingerprint density at radius 3 is 2.41 bits per heavy atom. The highest BCUT2D eigenvalue weighted by Gasteiger charge is 2.46. The molecule has 0 saturated heterocycles. The number of phenolic OH excluding ortho intramolecular Hbond substituents is 1. The topological polar surface area (TPSA) is 166 Å². The summed E-state index contributed by atoms with van der Waals surface area (Å²) in [5, 5.41) is 11.1. The van der Waals surface area contributed by atoms with Crippen LogP contribution in [0, 0.1) is 0 Å². The van der Waals surface area contributed by atoms with Crippen LogP contribution >= 0.6 is 15.9 Å². The minimum absolute atomic E-state index is 0.0127. The number of halogens is 1. The zero-order chi connectivity index (χ0) is 34.9. The predicted molar refractivity (Wildman–Crippen MR) is 180 cm³/mol. The van der Waals surface area contributed by atoms with Gasteiger partial charge >= 0.3 is 11.4 Å². The van der Waals surface area contributed by atoms with Gasteiger partial charge in [0.15, 0.2) is 23.1 Å². The third-order valence-electron chi connectivity index (χ3n) is 9.45. The fourth-order valence-electron chi connectivity index (χ4n) is 7.14. The molecule has 0 bridgehead atoms. The average molecular weight is 733 g/mol. The first kappa shape index (κ1) is 32.1. The third kappa shape index (κ3) is 4.82. The van der Waals surface area contributed by atoms with Crippen molar-refractivity contribution in [3.8, 4) is 23.0 Å². The summed E-state index contributed by atoms with van der Waals surface area (Å²) in [5.41, 5.74) is 0.674. The van der Waals surface area contributed by atoms with Crippen LogP contribution in [0.1, 0.15) is 29.6 Å². The summed E-state index contributed by atoms with van der Waals surface area (Å²) in [5.74, 6) is -0.769. The Hall–Kier alpha value is -5.44. The van der Waals surface area contributed by atoms with Crippen molar-refractivity contribution in [3.05, 3.63) is 106 Å². The highest BCUT2D eigenvalue weighted by Crippen LogP contribution is 2.53. The number of ether oxygens (including phenoxy) is 3. The minimum atomic E-state index is -0.933. The van der Waals surface area contributed by atoms with Gasteiger partial charge in [-0.1, -0.05) is 12.1 Å². The predicted octanol–water partition coefficient (Wildman–Crippen LogP) is 2.43. The summed E-state index contributed by atoms with van der Waals surface area (Å²) in [6, 6.07) is 7.15. The number of methoxy groups -OCH3 is 3. The van der Waals surface area contributed by atoms with Gasteiger partial charge in [-0.15, -0.1) is 0 Å². The fourth-order valence-corrected chi connectivity index (χ4v) is 7.59. The lowest BCUT2D eigenvalue weighted by molar-refractivity contribution is -0.115. The van der Waals surface area contributed by atoms with Crippen LogP contribution in [0.5, 0.6) is 23.0 Å². The Labute approximate surface area is 285 Å². The van der Waals surface area contributed by atoms with Gasteiger partial charge in [-0.05, 0) is 33.6 Å². The summed E-state index contributed by atoms with van der Waals surface area (Å²) < 4.78 is 21.5. The van der Waals surface area contributed by atoms with Gasteiger partial charge in [-0.3, -0.25) is 14.4 Å². The van der Waals surface area contributed by atoms with E-state index < -0.39 is 40.5 Å². The molecule has 1 N–H and O–H groups in total. The van der Waals surface area contributed by atoms with E-state index in [0.717, 1.165) is 4.57 Å². The van der Waals surface area contributed by atoms with Gasteiger partial charge in [0.25, 0.3) is 5.56 Å². The first-order valence-electron chi connectivity index (χ1n) is 15.3. The molecule has 0 saturated carbocycles. The Morgan fingerprint density at radius 2 is 1.69 bits per heavy atom. The van der Waals surface area contributed by atoms with Crippen molar-refractivity contribution < 1.29 is 28.9 Å². The number of carbonyl (C=O) groups is 2. The number of allylic oxidation sites excluding steroid dienone is 6. The molecule has 7 rings (SSSR count). The quantitative estimate of drug-likeness (QED) is 0.220. The first-order valence-corrected chi connectivity index (χ1v) is 16.1. The second kappa shape index (κ2) is 11.9. The van der Waals surface area contributed by atoms with Crippen molar-refractivity contribution >= 4 is 38.5 Å². The Kier molecular flexibility index (Phi) is 7.81. The number of hydrogen-bond acceptors (Lipinski definition) is 10. The number of nitrogens with zero attached hydrogens (tertiary/aromatic N) is 5. The van der Waals surface area contributed by atoms with Gasteiger partial charge in [-0.2, -0.15) is 0 Å². The molecule has 0 radical (unpaired) electrons. The van der Waals surface area contributed by atoms with Crippen LogP contribution in [-0.2, 0) is 36.1 Å². The molecule has 2 aromatic heterocycles. The van der Waals surface area contributed by atoms with Crippen LogP contribution in [0.25, 0.3) is 11.0 Å². The van der Waals surface area contributed by atoms with Gasteiger partial charge in [0.05, 0.1) is 49.4 Å². The molecule has 252 valence electrons. The van der Waals surface area contributed by atoms with E-state index in [0.29, 0.717) is 33.9 Å². The lowest BCUT2D eigenvalue weighted by Crippen LogP contribution is -2.40. The molecule has 14 nitrogen and oxygen atoms in total. The maximum Gasteiger partial charge on any atom is 0.347 e. The number of benzene rings is 2. The van der Waals surface area contributed by atoms with Crippen LogP contribution in [0.3, 0.4) is 0 Å². The smallest absolute Gasteiger partial charge is 0.347 e. The van der Waals surface area contributed by atoms with Crippen LogP contribution in [-0.4, -0.2) is 61.5 Å². The molecule has 2 atom stereocenters. The first-order chi connectivity index (χ1) is 23.5. The van der Waals surface area contributed by atoms with E-state index in [1.54, 1.807) is 37.4 Å². The van der Waals surface area contributed by atoms with E-state index in [4.69, 9.17) is 14.2 Å². The highest BCUT2D eigenvalue weighted by molar-refractivity contribution is 9.12. The van der Waals surface area contributed by atoms with Crippen LogP contribution in [0.15, 0.2) is 78.1 Å². The maximum atomic E-state index is 14.1. The lowest BCUT2D eigenvalue weighted by atomic mass is 9.68. The van der Waals surface area contributed by atoms with Crippen LogP contribution in [0.4, 0.5) is 0 Å². The highest BCUT2D eigenvalue weighted by atomic mass is 79.9. The Morgan fingerprint density at radius 1 is 0.980 bits per heavy atom. The SMILES string of the molecule is COc1cc2nc(CCn3c(=O)n4n(c3=O)[C@@H]3CC5=C(C(=O)C=C(Br)C5=O)[C@@H](c5c(O)cccc5OC)C3=CC4)c(=O)n(C)c2cc1OC. The zero-order valence-corrected chi connectivity index (χ0v) is 28.4. The van der Waals surface area contributed by atoms with E-state index in [-0.39, 0.29) is 58.6 Å². The molecule has 2 aromatic carbocycles. The molecule has 0 spiro atoms. The summed E-state index contributed by atoms with van der Waals surface area (Å²) in [6.07, 6.45) is 2.89. The van der Waals surface area contributed by atoms with Crippen molar-refractivity contribution in [2.24, 2.45) is 7.05 Å². The molecule has 15 heteroatoms. The number of carbonyl (C=O) groups excluding carboxylic acids is 2. The second-order valence-corrected chi connectivity index (χ2v) is 12.7. The fraction of sp³-hybridized carbons (Fsp3) is 0.294.